The van der Waals surface area contributed by atoms with Gasteiger partial charge < -0.3 is 5.32 Å². The molecule has 2 aromatic carbocycles. The number of hydrogen-bond donors (Lipinski definition) is 1. The topological polar surface area (TPSA) is 46.9 Å². The third kappa shape index (κ3) is 3.74. The number of amides is 1. The number of carbonyl (C=O) groups excluding carboxylic acids is 1. The summed E-state index contributed by atoms with van der Waals surface area (Å²) in [4.78, 5) is 12.6. The molecule has 5 heteroatoms. The minimum absolute atomic E-state index is 0.213. The molecule has 4 nitrogen and oxygen atoms in total. The van der Waals surface area contributed by atoms with Gasteiger partial charge in [0.05, 0.1) is 4.47 Å². The SMILES string of the molecule is CCn1cc(Br)c(C(=O)Nc2ccccc2Cc2ccccc2)n1. The Morgan fingerprint density at radius 3 is 2.54 bits per heavy atom. The number of para-hydroxylation sites is 1. The molecule has 0 aliphatic carbocycles. The summed E-state index contributed by atoms with van der Waals surface area (Å²) in [5.41, 5.74) is 3.48. The second kappa shape index (κ2) is 7.45. The molecule has 3 aromatic rings. The van der Waals surface area contributed by atoms with Gasteiger partial charge >= 0.3 is 0 Å². The van der Waals surface area contributed by atoms with Crippen LogP contribution in [-0.2, 0) is 13.0 Å². The first-order chi connectivity index (χ1) is 11.7. The number of nitrogens with one attached hydrogen (secondary N) is 1. The van der Waals surface area contributed by atoms with Gasteiger partial charge in [-0.1, -0.05) is 48.5 Å². The normalized spacial score (nSPS) is 10.6. The van der Waals surface area contributed by atoms with Crippen molar-refractivity contribution >= 4 is 27.5 Å². The quantitative estimate of drug-likeness (QED) is 0.704. The van der Waals surface area contributed by atoms with Crippen molar-refractivity contribution in [2.45, 2.75) is 19.9 Å². The van der Waals surface area contributed by atoms with Gasteiger partial charge in [-0.25, -0.2) is 0 Å². The highest BCUT2D eigenvalue weighted by molar-refractivity contribution is 9.10. The Labute approximate surface area is 149 Å². The van der Waals surface area contributed by atoms with Gasteiger partial charge in [-0.3, -0.25) is 9.48 Å². The van der Waals surface area contributed by atoms with Crippen LogP contribution in [0, 0.1) is 0 Å². The van der Waals surface area contributed by atoms with E-state index in [0.717, 1.165) is 24.2 Å². The Hall–Kier alpha value is -2.40. The molecule has 0 saturated heterocycles. The summed E-state index contributed by atoms with van der Waals surface area (Å²) >= 11 is 3.40. The second-order valence-electron chi connectivity index (χ2n) is 5.45. The standard InChI is InChI=1S/C19H18BrN3O/c1-2-23-13-16(20)18(22-23)19(24)21-17-11-7-6-10-15(17)12-14-8-4-3-5-9-14/h3-11,13H,2,12H2,1H3,(H,21,24). The molecule has 0 saturated carbocycles. The van der Waals surface area contributed by atoms with Crippen molar-refractivity contribution in [1.82, 2.24) is 9.78 Å². The Morgan fingerprint density at radius 1 is 1.12 bits per heavy atom. The Kier molecular flexibility index (Phi) is 5.11. The number of rotatable bonds is 5. The van der Waals surface area contributed by atoms with Crippen LogP contribution in [0.3, 0.4) is 0 Å². The van der Waals surface area contributed by atoms with Crippen molar-refractivity contribution in [1.29, 1.82) is 0 Å². The third-order valence-electron chi connectivity index (χ3n) is 3.76. The summed E-state index contributed by atoms with van der Waals surface area (Å²) in [6, 6.07) is 18.0. The van der Waals surface area contributed by atoms with Crippen LogP contribution in [-0.4, -0.2) is 15.7 Å². The largest absolute Gasteiger partial charge is 0.320 e. The predicted molar refractivity (Wildman–Crippen MR) is 99.2 cm³/mol. The van der Waals surface area contributed by atoms with Crippen molar-refractivity contribution in [3.8, 4) is 0 Å². The molecule has 0 unspecified atom stereocenters. The summed E-state index contributed by atoms with van der Waals surface area (Å²) in [5, 5.41) is 7.28. The molecule has 1 aromatic heterocycles. The van der Waals surface area contributed by atoms with Crippen LogP contribution in [0.2, 0.25) is 0 Å². The zero-order chi connectivity index (χ0) is 16.9. The first-order valence-electron chi connectivity index (χ1n) is 7.83. The molecule has 0 atom stereocenters. The van der Waals surface area contributed by atoms with E-state index in [0.29, 0.717) is 10.2 Å². The lowest BCUT2D eigenvalue weighted by Crippen LogP contribution is -2.15. The molecule has 0 aliphatic heterocycles. The lowest BCUT2D eigenvalue weighted by Gasteiger charge is -2.10. The van der Waals surface area contributed by atoms with Crippen molar-refractivity contribution < 1.29 is 4.79 Å². The van der Waals surface area contributed by atoms with Crippen LogP contribution in [0.25, 0.3) is 0 Å². The molecule has 0 radical (unpaired) electrons. The van der Waals surface area contributed by atoms with Crippen molar-refractivity contribution in [2.24, 2.45) is 0 Å². The Balaban J connectivity index is 1.82. The van der Waals surface area contributed by atoms with Crippen LogP contribution >= 0.6 is 15.9 Å². The number of nitrogens with zero attached hydrogens (tertiary/aromatic N) is 2. The molecule has 24 heavy (non-hydrogen) atoms. The van der Waals surface area contributed by atoms with Crippen molar-refractivity contribution in [3.05, 3.63) is 82.1 Å². The van der Waals surface area contributed by atoms with E-state index < -0.39 is 0 Å². The number of anilines is 1. The average molecular weight is 384 g/mol. The van der Waals surface area contributed by atoms with Crippen molar-refractivity contribution in [3.63, 3.8) is 0 Å². The highest BCUT2D eigenvalue weighted by Gasteiger charge is 2.16. The zero-order valence-electron chi connectivity index (χ0n) is 13.4. The maximum absolute atomic E-state index is 12.6. The highest BCUT2D eigenvalue weighted by atomic mass is 79.9. The maximum atomic E-state index is 12.6. The molecule has 1 amide bonds. The number of halogens is 1. The zero-order valence-corrected chi connectivity index (χ0v) is 15.0. The smallest absolute Gasteiger partial charge is 0.277 e. The van der Waals surface area contributed by atoms with E-state index in [-0.39, 0.29) is 5.91 Å². The lowest BCUT2D eigenvalue weighted by atomic mass is 10.0. The number of carbonyl (C=O) groups is 1. The van der Waals surface area contributed by atoms with E-state index in [1.165, 1.54) is 5.56 Å². The Bertz CT molecular complexity index is 843. The fraction of sp³-hybridized carbons (Fsp3) is 0.158. The van der Waals surface area contributed by atoms with E-state index in [4.69, 9.17) is 0 Å². The van der Waals surface area contributed by atoms with Crippen LogP contribution in [0.15, 0.2) is 65.3 Å². The second-order valence-corrected chi connectivity index (χ2v) is 6.31. The van der Waals surface area contributed by atoms with E-state index in [2.05, 4.69) is 38.5 Å². The fourth-order valence-corrected chi connectivity index (χ4v) is 3.00. The fourth-order valence-electron chi connectivity index (χ4n) is 2.51. The summed E-state index contributed by atoms with van der Waals surface area (Å²) in [7, 11) is 0. The van der Waals surface area contributed by atoms with E-state index in [9.17, 15) is 4.79 Å². The molecule has 0 bridgehead atoms. The van der Waals surface area contributed by atoms with Gasteiger partial charge in [0.25, 0.3) is 5.91 Å². The van der Waals surface area contributed by atoms with E-state index in [1.54, 1.807) is 4.68 Å². The average Bonchev–Trinajstić information content (AvgIpc) is 2.99. The Morgan fingerprint density at radius 2 is 1.83 bits per heavy atom. The van der Waals surface area contributed by atoms with Gasteiger partial charge in [0.2, 0.25) is 0 Å². The van der Waals surface area contributed by atoms with Gasteiger partial charge in [-0.2, -0.15) is 5.10 Å². The molecular formula is C19H18BrN3O. The molecule has 3 rings (SSSR count). The number of hydrogen-bond acceptors (Lipinski definition) is 2. The van der Waals surface area contributed by atoms with E-state index >= 15 is 0 Å². The summed E-state index contributed by atoms with van der Waals surface area (Å²) in [6.07, 6.45) is 2.58. The highest BCUT2D eigenvalue weighted by Crippen LogP contribution is 2.21. The summed E-state index contributed by atoms with van der Waals surface area (Å²) in [5.74, 6) is -0.213. The van der Waals surface area contributed by atoms with Gasteiger partial charge in [0.1, 0.15) is 0 Å². The molecule has 1 heterocycles. The van der Waals surface area contributed by atoms with Crippen LogP contribution in [0.4, 0.5) is 5.69 Å². The first-order valence-corrected chi connectivity index (χ1v) is 8.63. The molecule has 1 N–H and O–H groups in total. The lowest BCUT2D eigenvalue weighted by molar-refractivity contribution is 0.102. The van der Waals surface area contributed by atoms with Crippen molar-refractivity contribution in [2.75, 3.05) is 5.32 Å². The van der Waals surface area contributed by atoms with Crippen LogP contribution in [0.5, 0.6) is 0 Å². The molecule has 0 spiro atoms. The van der Waals surface area contributed by atoms with Gasteiger partial charge in [-0.15, -0.1) is 0 Å². The molecule has 0 aliphatic rings. The number of aryl methyl sites for hydroxylation is 1. The van der Waals surface area contributed by atoms with Crippen LogP contribution in [0.1, 0.15) is 28.5 Å². The molecular weight excluding hydrogens is 366 g/mol. The van der Waals surface area contributed by atoms with Gasteiger partial charge in [0, 0.05) is 18.4 Å². The first kappa shape index (κ1) is 16.5. The number of benzene rings is 2. The molecule has 0 fully saturated rings. The number of aromatic nitrogens is 2. The third-order valence-corrected chi connectivity index (χ3v) is 4.34. The monoisotopic (exact) mass is 383 g/mol. The predicted octanol–water partition coefficient (Wildman–Crippen LogP) is 4.51. The summed E-state index contributed by atoms with van der Waals surface area (Å²) in [6.45, 7) is 2.70. The summed E-state index contributed by atoms with van der Waals surface area (Å²) < 4.78 is 2.43. The molecule has 122 valence electrons. The van der Waals surface area contributed by atoms with Gasteiger partial charge in [-0.05, 0) is 46.5 Å². The minimum atomic E-state index is -0.213. The van der Waals surface area contributed by atoms with Crippen LogP contribution < -0.4 is 5.32 Å². The maximum Gasteiger partial charge on any atom is 0.277 e. The van der Waals surface area contributed by atoms with E-state index in [1.807, 2.05) is 55.6 Å². The minimum Gasteiger partial charge on any atom is -0.320 e. The van der Waals surface area contributed by atoms with Gasteiger partial charge in [0.15, 0.2) is 5.69 Å².